The molecule has 18 N–H and O–H groups in total. The van der Waals surface area contributed by atoms with Crippen molar-refractivity contribution in [2.75, 3.05) is 40.3 Å². The SMILES string of the molecule is C#Cc1ccc(C(=O)NC(C(=O)OC)C(C)(C)NC(=O)OC(C)(C)C)cc1.C#Cc1ccc(C(=O)O)cc1.CC(C)(N)C(NC(=O)c1ccc(C#Cc2ccc(N)cc2)cc1)C(=O)CO.CC(C)(N)C(NC(=O)c1ccc(C#Cc2ccc([N+](=O)[O-])cc2)cc1)C(=O)CO.COC(=O)C(N)C(C)(C)NC(=O)OC(C)(C)C.COC(=O)C(NC(=O)c1ccc(C#Cc2ccc([N+](=O)[O-])cc2)cc1)C(C)(C)NC(=O)OC(C)(C)C.[3H][B].[U]. The molecule has 8 aromatic carbocycles. The third-order valence-electron chi connectivity index (χ3n) is 19.7. The first kappa shape index (κ1) is 129. The Labute approximate surface area is 893 Å². The third-order valence-corrected chi connectivity index (χ3v) is 19.7. The largest absolute Gasteiger partial charge is 0.478 e. The summed E-state index contributed by atoms with van der Waals surface area (Å²) in [5.74, 6) is 16.4. The number of methoxy groups -OCH3 is 3. The number of nitrogens with zero attached hydrogens (tertiary/aromatic N) is 2. The quantitative estimate of drug-likeness (QED) is 0.00456. The number of alkyl carbamates (subject to hydrolysis) is 3. The fourth-order valence-electron chi connectivity index (χ4n) is 11.9. The van der Waals surface area contributed by atoms with Gasteiger partial charge >= 0.3 is 42.2 Å². The minimum Gasteiger partial charge on any atom is -0.478 e. The maximum absolute atomic E-state index is 12.9. The van der Waals surface area contributed by atoms with Crippen LogP contribution >= 0.6 is 0 Å². The number of Topliss-reactive ketones (excluding diaryl/α,β-unsaturated/α-hetero) is 2. The van der Waals surface area contributed by atoms with E-state index in [-0.39, 0.29) is 53.6 Å². The van der Waals surface area contributed by atoms with Crippen molar-refractivity contribution in [3.8, 4) is 60.2 Å². The number of nitro benzene ring substituents is 2. The molecule has 149 heavy (non-hydrogen) atoms. The zero-order valence-corrected chi connectivity index (χ0v) is 91.1. The van der Waals surface area contributed by atoms with E-state index < -0.39 is 175 Å². The molecule has 8 aromatic rings. The number of esters is 3. The molecule has 0 aliphatic rings. The smallest absolute Gasteiger partial charge is 0.408 e. The molecule has 788 valence electrons. The van der Waals surface area contributed by atoms with E-state index >= 15 is 0 Å². The van der Waals surface area contributed by atoms with E-state index in [9.17, 15) is 82.6 Å². The summed E-state index contributed by atoms with van der Waals surface area (Å²) in [5, 5.41) is 66.1. The number of carbonyl (C=O) groups excluding carboxylic acids is 12. The van der Waals surface area contributed by atoms with E-state index in [1.165, 1.54) is 69.9 Å². The van der Waals surface area contributed by atoms with Gasteiger partial charge in [-0.3, -0.25) is 53.8 Å². The van der Waals surface area contributed by atoms with Crippen LogP contribution in [0.5, 0.6) is 0 Å². The van der Waals surface area contributed by atoms with Gasteiger partial charge in [-0.05, 0) is 303 Å². The van der Waals surface area contributed by atoms with Crippen molar-refractivity contribution in [3.63, 3.8) is 0 Å². The van der Waals surface area contributed by atoms with Crippen molar-refractivity contribution in [3.05, 3.63) is 287 Å². The van der Waals surface area contributed by atoms with E-state index in [0.29, 0.717) is 55.8 Å². The van der Waals surface area contributed by atoms with Crippen LogP contribution in [0.15, 0.2) is 194 Å². The topological polar surface area (TPSA) is 613 Å². The molecule has 0 fully saturated rings. The van der Waals surface area contributed by atoms with Gasteiger partial charge in [-0.25, -0.2) is 28.8 Å². The predicted molar refractivity (Wildman–Crippen MR) is 557 cm³/mol. The van der Waals surface area contributed by atoms with Gasteiger partial charge < -0.3 is 104 Å². The first-order valence-corrected chi connectivity index (χ1v) is 44.8. The Morgan fingerprint density at radius 1 is 0.362 bits per heavy atom. The Morgan fingerprint density at radius 2 is 0.570 bits per heavy atom. The number of benzene rings is 8. The average Bonchev–Trinajstić information content (AvgIpc) is 0.818. The van der Waals surface area contributed by atoms with Crippen LogP contribution in [0.2, 0.25) is 0 Å². The molecule has 5 unspecified atom stereocenters. The molecule has 7 amide bonds. The molecule has 0 heterocycles. The third kappa shape index (κ3) is 47.4. The molecule has 0 bridgehead atoms. The number of terminal acetylenes is 2. The van der Waals surface area contributed by atoms with E-state index in [1.807, 2.05) is 12.1 Å². The van der Waals surface area contributed by atoms with Gasteiger partial charge in [-0.1, -0.05) is 47.4 Å². The van der Waals surface area contributed by atoms with Gasteiger partial charge in [0, 0.05) is 147 Å². The molecular weight excluding hydrogens is 2140 g/mol. The van der Waals surface area contributed by atoms with E-state index in [1.54, 1.807) is 265 Å². The van der Waals surface area contributed by atoms with E-state index in [4.69, 9.17) is 76.1 Å². The number of nitrogens with one attached hydrogen (secondary N) is 7. The summed E-state index contributed by atoms with van der Waals surface area (Å²) in [6.45, 7) is 30.1. The number of amides is 7. The number of aliphatic hydroxyl groups is 2. The molecule has 2 radical (unpaired) electrons. The van der Waals surface area contributed by atoms with Crippen LogP contribution in [-0.2, 0) is 52.4 Å². The number of carboxylic acids is 1. The number of anilines is 1. The average molecular weight is 2280 g/mol. The first-order valence-electron chi connectivity index (χ1n) is 45.4. The molecule has 0 spiro atoms. The molecule has 0 saturated heterocycles. The van der Waals surface area contributed by atoms with Crippen LogP contribution in [0, 0.1) is 112 Å². The van der Waals surface area contributed by atoms with E-state index in [0.717, 1.165) is 11.1 Å². The van der Waals surface area contributed by atoms with Crippen molar-refractivity contribution in [2.24, 2.45) is 17.2 Å². The standard InChI is InChI=1S/C26H29N3O7.C21H21N3O5.C21H23N3O3.C20H26N2O5.C11H22N2O4.C9H6O2.BH.U/c1-25(2,3)36-24(32)28-26(4,5)21(23(31)35-6)27-22(30)19-13-9-17(10-14-19)7-8-18-11-15-20(16-12-18)29(33)34;1-21(2,22)19(18(26)13-25)23-20(27)16-9-5-14(6-10-16)3-4-15-7-11-17(12-8-15)24(28)29;1-21(2,23)19(18(26)13-25)24-20(27)16-9-5-14(6-10-16)3-4-15-7-11-17(22)12-8-15;1-8-13-9-11-14(12-10-13)16(23)21-15(17(24)26-7)20(5,6)22-18(25)27-19(2,3)4;1-10(2,3)17-9(15)13-11(4,5)7(12)8(14)16-6;1-2-7-3-5-8(6-4-7)9(10)11;;/h9-16,21H,1-6H3,(H,27,30)(H,28,32);5-12,19,25H,13,22H2,1-2H3,(H,23,27);5-12,19,25H,13,22-23H2,1-2H3,(H,24,27);1,9-12,15H,2-7H3,(H,21,23)(H,22,25);7H,12H2,1-6H3,(H,13,15);1,3-6H,(H,10,11);1H;/i;;;;;;1T;. The van der Waals surface area contributed by atoms with Crippen LogP contribution in [0.4, 0.5) is 31.4 Å². The van der Waals surface area contributed by atoms with Gasteiger partial charge in [-0.2, -0.15) is 0 Å². The second-order valence-electron chi connectivity index (χ2n) is 38.1. The number of ether oxygens (including phenoxy) is 6. The number of ketones is 2. The second-order valence-corrected chi connectivity index (χ2v) is 38.1. The fraction of sp³-hybridized carbons (Fsp3) is 0.343. The second kappa shape index (κ2) is 59.6. The molecule has 0 saturated carbocycles. The normalized spacial score (nSPS) is 11.8. The maximum atomic E-state index is 12.9. The van der Waals surface area contributed by atoms with Gasteiger partial charge in [0.05, 0.1) is 53.4 Å². The summed E-state index contributed by atoms with van der Waals surface area (Å²) in [5.41, 5.74) is 23.2. The fourth-order valence-corrected chi connectivity index (χ4v) is 11.9. The van der Waals surface area contributed by atoms with Crippen LogP contribution in [0.1, 0.15) is 228 Å². The number of hydrogen-bond acceptors (Lipinski definition) is 29. The summed E-state index contributed by atoms with van der Waals surface area (Å²) < 4.78 is 34.9. The van der Waals surface area contributed by atoms with Gasteiger partial charge in [0.2, 0.25) is 0 Å². The number of carbonyl (C=O) groups is 13. The van der Waals surface area contributed by atoms with Gasteiger partial charge in [0.1, 0.15) is 60.2 Å². The number of nitrogens with two attached hydrogens (primary N) is 4. The number of aromatic carboxylic acids is 1. The Kier molecular flexibility index (Phi) is 51.6. The van der Waals surface area contributed by atoms with Crippen LogP contribution in [-0.4, -0.2) is 221 Å². The van der Waals surface area contributed by atoms with Crippen molar-refractivity contribution < 1.29 is 147 Å². The van der Waals surface area contributed by atoms with Crippen molar-refractivity contribution in [1.82, 2.24) is 37.2 Å². The Balaban J connectivity index is 0.000000919. The molecule has 41 heteroatoms. The van der Waals surface area contributed by atoms with Crippen LogP contribution in [0.25, 0.3) is 0 Å². The molecule has 5 atom stereocenters. The summed E-state index contributed by atoms with van der Waals surface area (Å²) in [7, 11) is 7.38. The summed E-state index contributed by atoms with van der Waals surface area (Å²) in [4.78, 5) is 177. The van der Waals surface area contributed by atoms with Crippen LogP contribution < -0.4 is 60.2 Å². The minimum atomic E-state index is -1.23. The molecule has 0 aliphatic carbocycles. The van der Waals surface area contributed by atoms with Crippen molar-refractivity contribution in [1.29, 1.82) is 1.34 Å². The number of hydrogen-bond donors (Lipinski definition) is 14. The molecule has 0 aromatic heterocycles. The van der Waals surface area contributed by atoms with E-state index in [2.05, 4.69) is 97.7 Å². The molecule has 39 nitrogen and oxygen atoms in total. The number of nitro groups is 2. The number of nitrogen functional groups attached to an aromatic ring is 1. The summed E-state index contributed by atoms with van der Waals surface area (Å²) in [6.07, 6.45) is 8.30. The number of carboxylic acid groups (broad SMARTS) is 1. The zero-order valence-electron chi connectivity index (χ0n) is 87.9. The zero-order chi connectivity index (χ0) is 114. The predicted octanol–water partition coefficient (Wildman–Crippen LogP) is 9.78. The summed E-state index contributed by atoms with van der Waals surface area (Å²) >= 11 is 0. The summed E-state index contributed by atoms with van der Waals surface area (Å²) in [6, 6.07) is 45.5. The Bertz CT molecular complexity index is 6270. The minimum absolute atomic E-state index is 0. The van der Waals surface area contributed by atoms with Crippen LogP contribution in [0.3, 0.4) is 0 Å². The van der Waals surface area contributed by atoms with Crippen molar-refractivity contribution >= 4 is 103 Å². The maximum Gasteiger partial charge on any atom is 0.408 e. The first-order chi connectivity index (χ1) is 69.1. The number of non-ortho nitro benzene ring substituents is 2. The number of rotatable bonds is 26. The molecule has 0 aliphatic heterocycles. The monoisotopic (exact) mass is 2270 g/mol. The van der Waals surface area contributed by atoms with Crippen molar-refractivity contribution in [2.45, 2.75) is 206 Å². The molecular formula is C108H128BN13O26U. The Hall–Kier alpha value is -16.0. The van der Waals surface area contributed by atoms with Gasteiger partial charge in [-0.15, -0.1) is 12.8 Å². The Morgan fingerprint density at radius 3 is 0.772 bits per heavy atom. The molecule has 8 rings (SSSR count). The number of aliphatic hydroxyl groups excluding tert-OH is 2. The van der Waals surface area contributed by atoms with Gasteiger partial charge in [0.15, 0.2) is 11.6 Å². The van der Waals surface area contributed by atoms with Gasteiger partial charge in [0.25, 0.3) is 35.0 Å².